The molecular formula is C8H14N2OS2. The van der Waals surface area contributed by atoms with Gasteiger partial charge >= 0.3 is 0 Å². The Morgan fingerprint density at radius 1 is 1.31 bits per heavy atom. The Balaban J connectivity index is 2.39. The van der Waals surface area contributed by atoms with E-state index in [0.29, 0.717) is 0 Å². The first-order valence-electron chi connectivity index (χ1n) is 4.38. The lowest BCUT2D eigenvalue weighted by atomic mass is 10.5. The van der Waals surface area contributed by atoms with Crippen molar-refractivity contribution in [1.29, 1.82) is 0 Å². The Morgan fingerprint density at radius 2 is 2.00 bits per heavy atom. The van der Waals surface area contributed by atoms with E-state index < -0.39 is 10.8 Å². The molecule has 0 saturated carbocycles. The summed E-state index contributed by atoms with van der Waals surface area (Å²) in [5.74, 6) is 3.03. The predicted octanol–water partition coefficient (Wildman–Crippen LogP) is 0.486. The Hall–Kier alpha value is -0.160. The second-order valence-electron chi connectivity index (χ2n) is 3.35. The van der Waals surface area contributed by atoms with Gasteiger partial charge < -0.3 is 9.80 Å². The van der Waals surface area contributed by atoms with Gasteiger partial charge in [-0.15, -0.1) is 11.8 Å². The summed E-state index contributed by atoms with van der Waals surface area (Å²) in [6.45, 7) is 1.97. The molecule has 0 amide bonds. The maximum atomic E-state index is 11.7. The van der Waals surface area contributed by atoms with Crippen molar-refractivity contribution in [2.24, 2.45) is 0 Å². The first kappa shape index (κ1) is 9.40. The van der Waals surface area contributed by atoms with Crippen LogP contribution in [0.2, 0.25) is 0 Å². The van der Waals surface area contributed by atoms with E-state index in [1.54, 1.807) is 11.8 Å². The Bertz CT molecular complexity index is 271. The largest absolute Gasteiger partial charge is 0.359 e. The minimum Gasteiger partial charge on any atom is -0.359 e. The molecule has 0 fully saturated rings. The molecule has 2 heterocycles. The van der Waals surface area contributed by atoms with Gasteiger partial charge in [0.25, 0.3) is 0 Å². The van der Waals surface area contributed by atoms with Crippen molar-refractivity contribution in [3.8, 4) is 0 Å². The lowest BCUT2D eigenvalue weighted by Crippen LogP contribution is -2.41. The van der Waals surface area contributed by atoms with Gasteiger partial charge in [-0.1, -0.05) is 0 Å². The van der Waals surface area contributed by atoms with Crippen molar-refractivity contribution in [3.63, 3.8) is 0 Å². The lowest BCUT2D eigenvalue weighted by Gasteiger charge is -2.38. The van der Waals surface area contributed by atoms with Gasteiger partial charge in [0.15, 0.2) is 0 Å². The number of nitrogens with zero attached hydrogens (tertiary/aromatic N) is 2. The van der Waals surface area contributed by atoms with E-state index in [2.05, 4.69) is 23.9 Å². The predicted molar refractivity (Wildman–Crippen MR) is 57.8 cm³/mol. The second kappa shape index (κ2) is 3.53. The van der Waals surface area contributed by atoms with Gasteiger partial charge in [-0.3, -0.25) is 4.21 Å². The van der Waals surface area contributed by atoms with Crippen molar-refractivity contribution in [2.45, 2.75) is 0 Å². The molecular weight excluding hydrogens is 204 g/mol. The smallest absolute Gasteiger partial charge is 0.127 e. The van der Waals surface area contributed by atoms with Crippen molar-refractivity contribution < 1.29 is 4.21 Å². The van der Waals surface area contributed by atoms with Crippen LogP contribution >= 0.6 is 11.8 Å². The second-order valence-corrected chi connectivity index (χ2v) is 6.22. The van der Waals surface area contributed by atoms with Crippen LogP contribution in [0.3, 0.4) is 0 Å². The molecule has 0 saturated heterocycles. The lowest BCUT2D eigenvalue weighted by molar-refractivity contribution is 0.282. The monoisotopic (exact) mass is 218 g/mol. The molecule has 3 nitrogen and oxygen atoms in total. The van der Waals surface area contributed by atoms with Gasteiger partial charge in [0.05, 0.1) is 10.8 Å². The zero-order chi connectivity index (χ0) is 9.42. The van der Waals surface area contributed by atoms with E-state index in [0.717, 1.165) is 28.8 Å². The third-order valence-electron chi connectivity index (χ3n) is 2.38. The van der Waals surface area contributed by atoms with Crippen LogP contribution < -0.4 is 0 Å². The molecule has 0 radical (unpaired) electrons. The van der Waals surface area contributed by atoms with Crippen LogP contribution in [-0.4, -0.2) is 52.7 Å². The fraction of sp³-hybridized carbons (Fsp3) is 0.750. The summed E-state index contributed by atoms with van der Waals surface area (Å²) in [6, 6.07) is 0. The van der Waals surface area contributed by atoms with Gasteiger partial charge in [-0.25, -0.2) is 0 Å². The molecule has 1 unspecified atom stereocenters. The van der Waals surface area contributed by atoms with E-state index in [1.807, 2.05) is 0 Å². The first-order valence-corrected chi connectivity index (χ1v) is 6.68. The third-order valence-corrected chi connectivity index (χ3v) is 5.28. The highest BCUT2D eigenvalue weighted by Gasteiger charge is 2.28. The molecule has 0 N–H and O–H groups in total. The molecule has 0 bridgehead atoms. The maximum absolute atomic E-state index is 11.7. The molecule has 5 heteroatoms. The molecule has 2 rings (SSSR count). The quantitative estimate of drug-likeness (QED) is 0.590. The minimum atomic E-state index is -0.739. The summed E-state index contributed by atoms with van der Waals surface area (Å²) in [5.41, 5.74) is 0. The number of thioether (sulfide) groups is 1. The highest BCUT2D eigenvalue weighted by molar-refractivity contribution is 8.16. The average Bonchev–Trinajstić information content (AvgIpc) is 2.12. The van der Waals surface area contributed by atoms with Crippen molar-refractivity contribution in [3.05, 3.63) is 10.1 Å². The topological polar surface area (TPSA) is 23.6 Å². The van der Waals surface area contributed by atoms with Crippen molar-refractivity contribution in [1.82, 2.24) is 9.80 Å². The molecule has 0 aromatic heterocycles. The van der Waals surface area contributed by atoms with Crippen LogP contribution in [0.1, 0.15) is 0 Å². The van der Waals surface area contributed by atoms with Crippen molar-refractivity contribution in [2.75, 3.05) is 38.7 Å². The Kier molecular flexibility index (Phi) is 2.55. The van der Waals surface area contributed by atoms with E-state index in [4.69, 9.17) is 0 Å². The van der Waals surface area contributed by atoms with Crippen LogP contribution in [0.25, 0.3) is 0 Å². The van der Waals surface area contributed by atoms with E-state index in [-0.39, 0.29) is 0 Å². The molecule has 0 aliphatic carbocycles. The number of hydrogen-bond acceptors (Lipinski definition) is 4. The molecule has 0 aromatic rings. The Morgan fingerprint density at radius 3 is 2.69 bits per heavy atom. The molecule has 2 aliphatic heterocycles. The van der Waals surface area contributed by atoms with Gasteiger partial charge in [-0.2, -0.15) is 0 Å². The fourth-order valence-electron chi connectivity index (χ4n) is 1.63. The summed E-state index contributed by atoms with van der Waals surface area (Å²) in [7, 11) is 3.42. The molecule has 2 aliphatic rings. The van der Waals surface area contributed by atoms with Crippen LogP contribution in [0.5, 0.6) is 0 Å². The summed E-state index contributed by atoms with van der Waals surface area (Å²) >= 11 is 1.76. The van der Waals surface area contributed by atoms with Gasteiger partial charge in [0, 0.05) is 38.7 Å². The number of rotatable bonds is 0. The molecule has 0 aromatic carbocycles. The molecule has 13 heavy (non-hydrogen) atoms. The summed E-state index contributed by atoms with van der Waals surface area (Å²) in [6.07, 6.45) is 0. The SMILES string of the molecule is CN1CCSC2=C1N(C)CCS2=O. The maximum Gasteiger partial charge on any atom is 0.127 e. The number of hydrogen-bond donors (Lipinski definition) is 0. The zero-order valence-corrected chi connectivity index (χ0v) is 9.58. The fourth-order valence-corrected chi connectivity index (χ4v) is 4.79. The van der Waals surface area contributed by atoms with Crippen LogP contribution in [0, 0.1) is 0 Å². The molecule has 0 spiro atoms. The van der Waals surface area contributed by atoms with Gasteiger partial charge in [0.2, 0.25) is 0 Å². The Labute approximate surface area is 85.6 Å². The third kappa shape index (κ3) is 1.59. The van der Waals surface area contributed by atoms with E-state index in [1.165, 1.54) is 5.82 Å². The van der Waals surface area contributed by atoms with Crippen LogP contribution in [0.15, 0.2) is 10.1 Å². The molecule has 1 atom stereocenters. The van der Waals surface area contributed by atoms with Gasteiger partial charge in [-0.05, 0) is 0 Å². The van der Waals surface area contributed by atoms with Crippen molar-refractivity contribution >= 4 is 22.6 Å². The highest BCUT2D eigenvalue weighted by atomic mass is 32.2. The highest BCUT2D eigenvalue weighted by Crippen LogP contribution is 2.33. The van der Waals surface area contributed by atoms with Crippen LogP contribution in [0.4, 0.5) is 0 Å². The first-order chi connectivity index (χ1) is 6.20. The van der Waals surface area contributed by atoms with Crippen LogP contribution in [-0.2, 0) is 10.8 Å². The average molecular weight is 218 g/mol. The summed E-state index contributed by atoms with van der Waals surface area (Å²) in [5, 5.41) is 0. The summed E-state index contributed by atoms with van der Waals surface area (Å²) < 4.78 is 12.8. The minimum absolute atomic E-state index is 0.739. The van der Waals surface area contributed by atoms with E-state index in [9.17, 15) is 4.21 Å². The standard InChI is InChI=1S/C8H14N2OS2/c1-9-3-5-12-8-7(9)10(2)4-6-13(8)11/h3-6H2,1-2H3. The van der Waals surface area contributed by atoms with E-state index >= 15 is 0 Å². The zero-order valence-electron chi connectivity index (χ0n) is 7.95. The summed E-state index contributed by atoms with van der Waals surface area (Å²) in [4.78, 5) is 4.42. The van der Waals surface area contributed by atoms with Gasteiger partial charge in [0.1, 0.15) is 10.1 Å². The normalized spacial score (nSPS) is 29.2. The molecule has 74 valence electrons.